The number of carbonyl (C=O) groups is 1. The Morgan fingerprint density at radius 3 is 2.75 bits per heavy atom. The maximum absolute atomic E-state index is 11.4. The Balaban J connectivity index is 1.74. The summed E-state index contributed by atoms with van der Waals surface area (Å²) in [6.07, 6.45) is 2.12. The van der Waals surface area contributed by atoms with Crippen molar-refractivity contribution in [3.63, 3.8) is 0 Å². The van der Waals surface area contributed by atoms with Gasteiger partial charge in [0.2, 0.25) is 5.91 Å². The van der Waals surface area contributed by atoms with Gasteiger partial charge in [-0.05, 0) is 19.4 Å². The average Bonchev–Trinajstić information content (AvgIpc) is 2.47. The van der Waals surface area contributed by atoms with Gasteiger partial charge in [0.1, 0.15) is 0 Å². The standard InChI is InChI=1S/C8H15N3O/c12-8(7-2-1-3-10-7)11-6-4-9-5-6/h6-7,9-10H,1-5H2,(H,11,12)/t7-/m1/s1. The molecule has 0 spiro atoms. The smallest absolute Gasteiger partial charge is 0.237 e. The fourth-order valence-electron chi connectivity index (χ4n) is 1.60. The summed E-state index contributed by atoms with van der Waals surface area (Å²) in [5.74, 6) is 0.180. The Labute approximate surface area is 72.1 Å². The Morgan fingerprint density at radius 2 is 2.25 bits per heavy atom. The lowest BCUT2D eigenvalue weighted by Gasteiger charge is -2.29. The molecule has 68 valence electrons. The van der Waals surface area contributed by atoms with Crippen molar-refractivity contribution in [3.8, 4) is 0 Å². The fraction of sp³-hybridized carbons (Fsp3) is 0.875. The lowest BCUT2D eigenvalue weighted by atomic mass is 10.1. The lowest BCUT2D eigenvalue weighted by Crippen LogP contribution is -2.59. The number of rotatable bonds is 2. The molecule has 0 bridgehead atoms. The number of carbonyl (C=O) groups excluding carboxylic acids is 1. The topological polar surface area (TPSA) is 53.2 Å². The largest absolute Gasteiger partial charge is 0.349 e. The number of nitrogens with one attached hydrogen (secondary N) is 3. The van der Waals surface area contributed by atoms with Gasteiger partial charge < -0.3 is 16.0 Å². The van der Waals surface area contributed by atoms with Crippen LogP contribution in [0.4, 0.5) is 0 Å². The molecule has 0 aliphatic carbocycles. The van der Waals surface area contributed by atoms with E-state index in [9.17, 15) is 4.79 Å². The molecule has 0 saturated carbocycles. The number of amides is 1. The second-order valence-corrected chi connectivity index (χ2v) is 3.51. The monoisotopic (exact) mass is 169 g/mol. The predicted molar refractivity (Wildman–Crippen MR) is 45.8 cm³/mol. The van der Waals surface area contributed by atoms with Crippen LogP contribution in [0, 0.1) is 0 Å². The summed E-state index contributed by atoms with van der Waals surface area (Å²) >= 11 is 0. The number of hydrogen-bond acceptors (Lipinski definition) is 3. The molecule has 0 radical (unpaired) electrons. The van der Waals surface area contributed by atoms with E-state index in [0.29, 0.717) is 6.04 Å². The molecule has 2 fully saturated rings. The maximum Gasteiger partial charge on any atom is 0.237 e. The highest BCUT2D eigenvalue weighted by Gasteiger charge is 2.26. The summed E-state index contributed by atoms with van der Waals surface area (Å²) in [6.45, 7) is 2.85. The van der Waals surface area contributed by atoms with E-state index in [-0.39, 0.29) is 11.9 Å². The molecule has 0 aromatic carbocycles. The molecule has 0 aromatic rings. The first-order valence-electron chi connectivity index (χ1n) is 4.61. The molecule has 2 aliphatic rings. The summed E-state index contributed by atoms with van der Waals surface area (Å²) in [5, 5.41) is 9.29. The second-order valence-electron chi connectivity index (χ2n) is 3.51. The molecule has 0 aromatic heterocycles. The van der Waals surface area contributed by atoms with Crippen LogP contribution in [0.3, 0.4) is 0 Å². The van der Waals surface area contributed by atoms with Crippen LogP contribution in [-0.4, -0.2) is 37.6 Å². The third kappa shape index (κ3) is 1.59. The van der Waals surface area contributed by atoms with Gasteiger partial charge in [-0.15, -0.1) is 0 Å². The quantitative estimate of drug-likeness (QED) is 0.488. The van der Waals surface area contributed by atoms with E-state index < -0.39 is 0 Å². The van der Waals surface area contributed by atoms with Gasteiger partial charge in [-0.25, -0.2) is 0 Å². The average molecular weight is 169 g/mol. The van der Waals surface area contributed by atoms with Gasteiger partial charge in [0.25, 0.3) is 0 Å². The van der Waals surface area contributed by atoms with E-state index in [1.807, 2.05) is 0 Å². The Morgan fingerprint density at radius 1 is 1.42 bits per heavy atom. The summed E-state index contributed by atoms with van der Waals surface area (Å²) in [5.41, 5.74) is 0. The molecule has 2 saturated heterocycles. The van der Waals surface area contributed by atoms with Gasteiger partial charge in [-0.1, -0.05) is 0 Å². The molecule has 2 heterocycles. The van der Waals surface area contributed by atoms with Crippen LogP contribution in [0.25, 0.3) is 0 Å². The van der Waals surface area contributed by atoms with Crippen LogP contribution in [0.15, 0.2) is 0 Å². The minimum atomic E-state index is 0.0746. The molecule has 2 aliphatic heterocycles. The van der Waals surface area contributed by atoms with Crippen molar-refractivity contribution in [2.75, 3.05) is 19.6 Å². The third-order valence-electron chi connectivity index (χ3n) is 2.50. The Hall–Kier alpha value is -0.610. The van der Waals surface area contributed by atoms with E-state index in [1.165, 1.54) is 0 Å². The molecular formula is C8H15N3O. The Kier molecular flexibility index (Phi) is 2.28. The van der Waals surface area contributed by atoms with Crippen LogP contribution in [0.5, 0.6) is 0 Å². The summed E-state index contributed by atoms with van der Waals surface area (Å²) in [4.78, 5) is 11.4. The SMILES string of the molecule is O=C(NC1CNC1)[C@H]1CCCN1. The van der Waals surface area contributed by atoms with Crippen LogP contribution < -0.4 is 16.0 Å². The van der Waals surface area contributed by atoms with Crippen molar-refractivity contribution in [2.24, 2.45) is 0 Å². The Bertz CT molecular complexity index is 173. The van der Waals surface area contributed by atoms with Crippen molar-refractivity contribution >= 4 is 5.91 Å². The highest BCUT2D eigenvalue weighted by atomic mass is 16.2. The molecular weight excluding hydrogens is 154 g/mol. The van der Waals surface area contributed by atoms with Crippen LogP contribution >= 0.6 is 0 Å². The van der Waals surface area contributed by atoms with Gasteiger partial charge in [0.05, 0.1) is 12.1 Å². The molecule has 12 heavy (non-hydrogen) atoms. The summed E-state index contributed by atoms with van der Waals surface area (Å²) < 4.78 is 0. The molecule has 3 N–H and O–H groups in total. The van der Waals surface area contributed by atoms with Crippen LogP contribution in [-0.2, 0) is 4.79 Å². The maximum atomic E-state index is 11.4. The van der Waals surface area contributed by atoms with Crippen molar-refractivity contribution < 1.29 is 4.79 Å². The van der Waals surface area contributed by atoms with Crippen molar-refractivity contribution in [2.45, 2.75) is 24.9 Å². The first-order chi connectivity index (χ1) is 5.86. The van der Waals surface area contributed by atoms with Crippen molar-refractivity contribution in [1.29, 1.82) is 0 Å². The molecule has 1 atom stereocenters. The highest BCUT2D eigenvalue weighted by molar-refractivity contribution is 5.82. The zero-order valence-corrected chi connectivity index (χ0v) is 7.10. The van der Waals surface area contributed by atoms with Crippen molar-refractivity contribution in [3.05, 3.63) is 0 Å². The summed E-state index contributed by atoms with van der Waals surface area (Å²) in [7, 11) is 0. The molecule has 1 amide bonds. The van der Waals surface area contributed by atoms with Gasteiger partial charge in [-0.2, -0.15) is 0 Å². The van der Waals surface area contributed by atoms with E-state index in [2.05, 4.69) is 16.0 Å². The van der Waals surface area contributed by atoms with Gasteiger partial charge in [-0.3, -0.25) is 4.79 Å². The summed E-state index contributed by atoms with van der Waals surface area (Å²) in [6, 6.07) is 0.450. The van der Waals surface area contributed by atoms with E-state index in [1.54, 1.807) is 0 Å². The third-order valence-corrected chi connectivity index (χ3v) is 2.50. The molecule has 2 rings (SSSR count). The van der Waals surface area contributed by atoms with Gasteiger partial charge in [0, 0.05) is 13.1 Å². The van der Waals surface area contributed by atoms with Crippen LogP contribution in [0.1, 0.15) is 12.8 Å². The lowest BCUT2D eigenvalue weighted by molar-refractivity contribution is -0.123. The zero-order chi connectivity index (χ0) is 8.39. The first kappa shape index (κ1) is 8.01. The minimum absolute atomic E-state index is 0.0746. The molecule has 4 heteroatoms. The molecule has 0 unspecified atom stereocenters. The first-order valence-corrected chi connectivity index (χ1v) is 4.61. The zero-order valence-electron chi connectivity index (χ0n) is 7.10. The van der Waals surface area contributed by atoms with Crippen molar-refractivity contribution in [1.82, 2.24) is 16.0 Å². The molecule has 4 nitrogen and oxygen atoms in total. The van der Waals surface area contributed by atoms with Crippen LogP contribution in [0.2, 0.25) is 0 Å². The normalized spacial score (nSPS) is 29.8. The minimum Gasteiger partial charge on any atom is -0.349 e. The second kappa shape index (κ2) is 3.41. The fourth-order valence-corrected chi connectivity index (χ4v) is 1.60. The predicted octanol–water partition coefficient (Wildman–Crippen LogP) is -1.17. The highest BCUT2D eigenvalue weighted by Crippen LogP contribution is 2.05. The van der Waals surface area contributed by atoms with E-state index in [4.69, 9.17) is 0 Å². The van der Waals surface area contributed by atoms with E-state index >= 15 is 0 Å². The van der Waals surface area contributed by atoms with E-state index in [0.717, 1.165) is 32.5 Å². The van der Waals surface area contributed by atoms with Gasteiger partial charge in [0.15, 0.2) is 0 Å². The number of hydrogen-bond donors (Lipinski definition) is 3. The van der Waals surface area contributed by atoms with Gasteiger partial charge >= 0.3 is 0 Å².